The average Bonchev–Trinajstić information content (AvgIpc) is 3.23. The van der Waals surface area contributed by atoms with Crippen LogP contribution in [0.2, 0.25) is 0 Å². The molecule has 0 unspecified atom stereocenters. The maximum absolute atomic E-state index is 10.9. The largest absolute Gasteiger partial charge is 0.493 e. The molecule has 0 fully saturated rings. The van der Waals surface area contributed by atoms with E-state index in [1.54, 1.807) is 14.2 Å². The predicted octanol–water partition coefficient (Wildman–Crippen LogP) is 2.72. The van der Waals surface area contributed by atoms with Gasteiger partial charge in [-0.3, -0.25) is 9.47 Å². The van der Waals surface area contributed by atoms with Gasteiger partial charge in [0.05, 0.1) is 25.4 Å². The first-order chi connectivity index (χ1) is 13.5. The Balaban J connectivity index is 2.04. The molecule has 0 atom stereocenters. The molecule has 8 nitrogen and oxygen atoms in total. The Morgan fingerprint density at radius 1 is 1.21 bits per heavy atom. The summed E-state index contributed by atoms with van der Waals surface area (Å²) < 4.78 is 12.3. The highest BCUT2D eigenvalue weighted by Crippen LogP contribution is 2.41. The van der Waals surface area contributed by atoms with E-state index in [1.165, 1.54) is 11.1 Å². The molecular formula is C19H27N5O3S. The highest BCUT2D eigenvalue weighted by atomic mass is 32.1. The van der Waals surface area contributed by atoms with E-state index in [0.717, 1.165) is 30.2 Å². The summed E-state index contributed by atoms with van der Waals surface area (Å²) >= 11 is 4.81. The number of aromatic hydroxyl groups is 1. The van der Waals surface area contributed by atoms with E-state index in [1.807, 2.05) is 4.57 Å². The van der Waals surface area contributed by atoms with Gasteiger partial charge in [-0.1, -0.05) is 0 Å². The zero-order valence-corrected chi connectivity index (χ0v) is 17.2. The molecule has 1 aromatic carbocycles. The van der Waals surface area contributed by atoms with Crippen LogP contribution < -0.4 is 5.73 Å². The third kappa shape index (κ3) is 4.49. The fourth-order valence-corrected chi connectivity index (χ4v) is 3.66. The molecule has 1 aliphatic carbocycles. The van der Waals surface area contributed by atoms with Crippen LogP contribution in [0.15, 0.2) is 22.4 Å². The van der Waals surface area contributed by atoms with Crippen LogP contribution in [0.3, 0.4) is 0 Å². The number of hydrogen-bond donors (Lipinski definition) is 2. The Morgan fingerprint density at radius 3 is 2.46 bits per heavy atom. The summed E-state index contributed by atoms with van der Waals surface area (Å²) in [7, 11) is 3.35. The van der Waals surface area contributed by atoms with Gasteiger partial charge >= 0.3 is 0 Å². The molecule has 3 N–H and O–H groups in total. The highest BCUT2D eigenvalue weighted by molar-refractivity contribution is 7.80. The average molecular weight is 406 g/mol. The van der Waals surface area contributed by atoms with Crippen molar-refractivity contribution in [1.29, 1.82) is 0 Å². The Kier molecular flexibility index (Phi) is 6.95. The summed E-state index contributed by atoms with van der Waals surface area (Å²) in [5.41, 5.74) is 9.41. The predicted molar refractivity (Wildman–Crippen MR) is 112 cm³/mol. The molecule has 0 saturated carbocycles. The minimum absolute atomic E-state index is 0.0542. The van der Waals surface area contributed by atoms with Crippen LogP contribution in [0.5, 0.6) is 5.88 Å². The van der Waals surface area contributed by atoms with Crippen molar-refractivity contribution in [3.8, 4) is 5.88 Å². The number of rotatable bonds is 9. The van der Waals surface area contributed by atoms with E-state index in [2.05, 4.69) is 27.3 Å². The smallest absolute Gasteiger partial charge is 0.221 e. The van der Waals surface area contributed by atoms with Gasteiger partial charge in [0.25, 0.3) is 0 Å². The lowest BCUT2D eigenvalue weighted by atomic mass is 10.1. The Hall–Kier alpha value is -2.07. The number of aromatic nitrogens is 1. The van der Waals surface area contributed by atoms with E-state index < -0.39 is 0 Å². The summed E-state index contributed by atoms with van der Waals surface area (Å²) in [4.78, 5) is 2.16. The molecule has 9 heteroatoms. The van der Waals surface area contributed by atoms with Crippen molar-refractivity contribution in [2.75, 3.05) is 40.5 Å². The molecule has 152 valence electrons. The van der Waals surface area contributed by atoms with Crippen LogP contribution >= 0.6 is 12.2 Å². The Bertz CT molecular complexity index is 872. The summed E-state index contributed by atoms with van der Waals surface area (Å²) in [6.07, 6.45) is 3.24. The van der Waals surface area contributed by atoms with Gasteiger partial charge in [-0.15, -0.1) is 10.2 Å². The SMILES string of the molecule is COCCN(CCOC)Cn1c(O)c(N=NC(N)=S)c2cc3c(cc21)CCC3. The van der Waals surface area contributed by atoms with Gasteiger partial charge in [0.1, 0.15) is 0 Å². The molecule has 0 amide bonds. The lowest BCUT2D eigenvalue weighted by Gasteiger charge is -2.23. The first-order valence-electron chi connectivity index (χ1n) is 9.33. The number of thiocarbonyl (C=S) groups is 1. The lowest BCUT2D eigenvalue weighted by Crippen LogP contribution is -2.32. The molecular weight excluding hydrogens is 378 g/mol. The Labute approximate surface area is 169 Å². The number of nitrogens with zero attached hydrogens (tertiary/aromatic N) is 4. The number of benzene rings is 1. The number of ether oxygens (including phenoxy) is 2. The molecule has 1 aliphatic rings. The minimum atomic E-state index is -0.0664. The number of fused-ring (bicyclic) bond motifs is 2. The lowest BCUT2D eigenvalue weighted by molar-refractivity contribution is 0.0951. The van der Waals surface area contributed by atoms with Gasteiger partial charge in [-0.25, -0.2) is 0 Å². The van der Waals surface area contributed by atoms with Crippen molar-refractivity contribution in [2.24, 2.45) is 16.0 Å². The quantitative estimate of drug-likeness (QED) is 0.492. The molecule has 2 aromatic rings. The van der Waals surface area contributed by atoms with Crippen molar-refractivity contribution < 1.29 is 14.6 Å². The van der Waals surface area contributed by atoms with E-state index >= 15 is 0 Å². The van der Waals surface area contributed by atoms with Gasteiger partial charge in [0.15, 0.2) is 5.69 Å². The first-order valence-corrected chi connectivity index (χ1v) is 9.74. The second kappa shape index (κ2) is 9.42. The van der Waals surface area contributed by atoms with Gasteiger partial charge in [-0.2, -0.15) is 0 Å². The summed E-state index contributed by atoms with van der Waals surface area (Å²) in [6, 6.07) is 4.26. The number of methoxy groups -OCH3 is 2. The van der Waals surface area contributed by atoms with Crippen molar-refractivity contribution >= 4 is 33.9 Å². The van der Waals surface area contributed by atoms with Crippen LogP contribution in [-0.4, -0.2) is 60.2 Å². The number of aryl methyl sites for hydroxylation is 2. The van der Waals surface area contributed by atoms with Crippen molar-refractivity contribution in [3.63, 3.8) is 0 Å². The molecule has 0 spiro atoms. The topological polar surface area (TPSA) is 97.6 Å². The molecule has 1 aromatic heterocycles. The number of azo groups is 1. The van der Waals surface area contributed by atoms with Crippen LogP contribution in [0.25, 0.3) is 10.9 Å². The zero-order chi connectivity index (χ0) is 20.1. The van der Waals surface area contributed by atoms with Gasteiger partial charge in [-0.05, 0) is 54.7 Å². The second-order valence-corrected chi connectivity index (χ2v) is 7.29. The number of hydrogen-bond acceptors (Lipinski definition) is 6. The fraction of sp³-hybridized carbons (Fsp3) is 0.526. The summed E-state index contributed by atoms with van der Waals surface area (Å²) in [5.74, 6) is 0.0542. The maximum Gasteiger partial charge on any atom is 0.221 e. The van der Waals surface area contributed by atoms with E-state index in [4.69, 9.17) is 27.4 Å². The van der Waals surface area contributed by atoms with Gasteiger partial charge in [0, 0.05) is 32.7 Å². The first kappa shape index (κ1) is 20.7. The molecule has 28 heavy (non-hydrogen) atoms. The second-order valence-electron chi connectivity index (χ2n) is 6.88. The molecule has 0 bridgehead atoms. The molecule has 0 radical (unpaired) electrons. The molecule has 1 heterocycles. The van der Waals surface area contributed by atoms with Crippen LogP contribution in [-0.2, 0) is 29.0 Å². The molecule has 0 aliphatic heterocycles. The van der Waals surface area contributed by atoms with Crippen LogP contribution in [0.1, 0.15) is 17.5 Å². The maximum atomic E-state index is 10.9. The van der Waals surface area contributed by atoms with E-state index in [-0.39, 0.29) is 11.0 Å². The normalized spacial score (nSPS) is 13.8. The van der Waals surface area contributed by atoms with Crippen molar-refractivity contribution in [2.45, 2.75) is 25.9 Å². The highest BCUT2D eigenvalue weighted by Gasteiger charge is 2.22. The standard InChI is InChI=1S/C19H27N5O3S/c1-26-8-6-23(7-9-27-2)12-24-16-11-14-5-3-4-13(14)10-15(16)17(18(24)25)21-22-19(20)28/h10-11,25H,3-9,12H2,1-2H3,(H2,20,28). The van der Waals surface area contributed by atoms with Gasteiger partial charge in [0.2, 0.25) is 11.0 Å². The van der Waals surface area contributed by atoms with E-state index in [0.29, 0.717) is 38.7 Å². The van der Waals surface area contributed by atoms with Crippen LogP contribution in [0.4, 0.5) is 5.69 Å². The zero-order valence-electron chi connectivity index (χ0n) is 16.3. The fourth-order valence-electron chi connectivity index (χ4n) is 3.62. The van der Waals surface area contributed by atoms with Gasteiger partial charge < -0.3 is 20.3 Å². The summed E-state index contributed by atoms with van der Waals surface area (Å²) in [5, 5.41) is 19.7. The third-order valence-corrected chi connectivity index (χ3v) is 5.12. The Morgan fingerprint density at radius 2 is 1.86 bits per heavy atom. The van der Waals surface area contributed by atoms with Crippen molar-refractivity contribution in [3.05, 3.63) is 23.3 Å². The molecule has 3 rings (SSSR count). The monoisotopic (exact) mass is 405 g/mol. The number of nitrogens with two attached hydrogens (primary N) is 1. The van der Waals surface area contributed by atoms with E-state index in [9.17, 15) is 5.11 Å². The van der Waals surface area contributed by atoms with Crippen LogP contribution in [0, 0.1) is 0 Å². The third-order valence-electron chi connectivity index (χ3n) is 5.04. The summed E-state index contributed by atoms with van der Waals surface area (Å²) in [6.45, 7) is 3.10. The van der Waals surface area contributed by atoms with Crippen molar-refractivity contribution in [1.82, 2.24) is 9.47 Å². The molecule has 0 saturated heterocycles. The minimum Gasteiger partial charge on any atom is -0.493 e.